The Kier molecular flexibility index (Phi) is 5.47. The maximum Gasteiger partial charge on any atom is 0.417 e. The third-order valence-corrected chi connectivity index (χ3v) is 5.81. The number of alkyl halides is 3. The molecule has 10 heteroatoms. The van der Waals surface area contributed by atoms with Gasteiger partial charge in [-0.15, -0.1) is 0 Å². The number of ether oxygens (including phenoxy) is 1. The number of hydrogen-bond acceptors (Lipinski definition) is 5. The van der Waals surface area contributed by atoms with Crippen LogP contribution < -0.4 is 5.01 Å². The zero-order valence-corrected chi connectivity index (χ0v) is 17.8. The molecule has 2 heterocycles. The number of anilines is 1. The number of nitrogens with zero attached hydrogens (tertiary/aromatic N) is 3. The number of hydrogen-bond donors (Lipinski definition) is 0. The second-order valence-electron chi connectivity index (χ2n) is 7.78. The zero-order valence-electron chi connectivity index (χ0n) is 17.8. The van der Waals surface area contributed by atoms with Gasteiger partial charge in [0.05, 0.1) is 17.9 Å². The van der Waals surface area contributed by atoms with Crippen LogP contribution in [0.5, 0.6) is 0 Å². The van der Waals surface area contributed by atoms with Gasteiger partial charge in [0.25, 0.3) is 5.91 Å². The van der Waals surface area contributed by atoms with E-state index in [-0.39, 0.29) is 24.4 Å². The first-order valence-electron chi connectivity index (χ1n) is 10.3. The topological polar surface area (TPSA) is 79.3 Å². The molecule has 0 aliphatic carbocycles. The van der Waals surface area contributed by atoms with Crippen LogP contribution in [-0.2, 0) is 20.5 Å². The summed E-state index contributed by atoms with van der Waals surface area (Å²) in [7, 11) is 0. The summed E-state index contributed by atoms with van der Waals surface area (Å²) in [6.45, 7) is 3.22. The van der Waals surface area contributed by atoms with Crippen LogP contribution in [-0.4, -0.2) is 40.7 Å². The van der Waals surface area contributed by atoms with E-state index in [9.17, 15) is 27.6 Å². The Balaban J connectivity index is 1.88. The lowest BCUT2D eigenvalue weighted by atomic mass is 9.78. The van der Waals surface area contributed by atoms with E-state index in [0.29, 0.717) is 5.56 Å². The summed E-state index contributed by atoms with van der Waals surface area (Å²) in [5.74, 6) is -1.96. The minimum atomic E-state index is -4.54. The summed E-state index contributed by atoms with van der Waals surface area (Å²) in [6.07, 6.45) is -5.62. The molecule has 0 bridgehead atoms. The molecule has 2 aliphatic heterocycles. The molecule has 33 heavy (non-hydrogen) atoms. The first-order chi connectivity index (χ1) is 15.6. The summed E-state index contributed by atoms with van der Waals surface area (Å²) in [5.41, 5.74) is -1.94. The van der Waals surface area contributed by atoms with Gasteiger partial charge in [0.15, 0.2) is 5.54 Å². The molecule has 1 fully saturated rings. The van der Waals surface area contributed by atoms with Gasteiger partial charge in [-0.05, 0) is 31.2 Å². The van der Waals surface area contributed by atoms with E-state index in [1.54, 1.807) is 44.2 Å². The van der Waals surface area contributed by atoms with Crippen molar-refractivity contribution in [3.05, 3.63) is 65.7 Å². The molecule has 2 aromatic rings. The Morgan fingerprint density at radius 3 is 2.33 bits per heavy atom. The monoisotopic (exact) mass is 459 g/mol. The zero-order chi connectivity index (χ0) is 24.0. The van der Waals surface area contributed by atoms with Gasteiger partial charge in [-0.3, -0.25) is 9.59 Å². The fraction of sp³-hybridized carbons (Fsp3) is 0.304. The molecule has 1 spiro atoms. The molecule has 0 radical (unpaired) electrons. The minimum Gasteiger partial charge on any atom is -0.449 e. The van der Waals surface area contributed by atoms with E-state index in [2.05, 4.69) is 5.10 Å². The molecule has 1 saturated heterocycles. The van der Waals surface area contributed by atoms with Crippen LogP contribution in [0.2, 0.25) is 0 Å². The maximum absolute atomic E-state index is 13.9. The number of imide groups is 1. The van der Waals surface area contributed by atoms with Crippen molar-refractivity contribution in [2.24, 2.45) is 11.0 Å². The van der Waals surface area contributed by atoms with Crippen molar-refractivity contribution >= 4 is 29.3 Å². The van der Waals surface area contributed by atoms with Crippen LogP contribution >= 0.6 is 0 Å². The normalized spacial score (nSPS) is 22.8. The van der Waals surface area contributed by atoms with E-state index in [1.165, 1.54) is 0 Å². The van der Waals surface area contributed by atoms with Crippen LogP contribution in [0.1, 0.15) is 31.4 Å². The van der Waals surface area contributed by atoms with Crippen molar-refractivity contribution in [2.75, 3.05) is 11.6 Å². The molecular formula is C23H20F3N3O4. The summed E-state index contributed by atoms with van der Waals surface area (Å²) in [6, 6.07) is 12.5. The maximum atomic E-state index is 13.9. The molecule has 2 atom stereocenters. The van der Waals surface area contributed by atoms with Crippen LogP contribution in [0.4, 0.5) is 23.7 Å². The number of benzene rings is 2. The van der Waals surface area contributed by atoms with Gasteiger partial charge in [-0.25, -0.2) is 9.69 Å². The average molecular weight is 459 g/mol. The Labute approximate surface area is 187 Å². The van der Waals surface area contributed by atoms with Crippen molar-refractivity contribution in [3.8, 4) is 0 Å². The van der Waals surface area contributed by atoms with Gasteiger partial charge < -0.3 is 4.74 Å². The average Bonchev–Trinajstić information content (AvgIpc) is 3.22. The van der Waals surface area contributed by atoms with Crippen molar-refractivity contribution in [1.29, 1.82) is 0 Å². The SMILES string of the molecule is CCOC(=O)N1C(=O)C[C@@H](C)[C@@]12C(=O)N(c1ccc(C(F)(F)F)cc1)N=C2c1ccccc1. The second-order valence-corrected chi connectivity index (χ2v) is 7.78. The number of rotatable bonds is 3. The molecule has 7 nitrogen and oxygen atoms in total. The number of carbonyl (C=O) groups is 3. The molecule has 172 valence electrons. The van der Waals surface area contributed by atoms with Gasteiger partial charge in [-0.1, -0.05) is 37.3 Å². The van der Waals surface area contributed by atoms with Gasteiger partial charge in [0, 0.05) is 17.9 Å². The van der Waals surface area contributed by atoms with Gasteiger partial charge in [-0.2, -0.15) is 23.3 Å². The predicted molar refractivity (Wildman–Crippen MR) is 112 cm³/mol. The van der Waals surface area contributed by atoms with E-state index in [4.69, 9.17) is 4.74 Å². The lowest BCUT2D eigenvalue weighted by Gasteiger charge is -2.35. The highest BCUT2D eigenvalue weighted by Gasteiger charge is 2.67. The quantitative estimate of drug-likeness (QED) is 0.689. The fourth-order valence-electron chi connectivity index (χ4n) is 4.32. The molecule has 0 N–H and O–H groups in total. The highest BCUT2D eigenvalue weighted by Crippen LogP contribution is 2.45. The van der Waals surface area contributed by atoms with E-state index < -0.39 is 41.1 Å². The van der Waals surface area contributed by atoms with Gasteiger partial charge in [0.2, 0.25) is 5.91 Å². The fourth-order valence-corrected chi connectivity index (χ4v) is 4.32. The van der Waals surface area contributed by atoms with E-state index in [0.717, 1.165) is 34.2 Å². The molecule has 0 saturated carbocycles. The highest BCUT2D eigenvalue weighted by atomic mass is 19.4. The lowest BCUT2D eigenvalue weighted by Crippen LogP contribution is -2.62. The first-order valence-corrected chi connectivity index (χ1v) is 10.3. The highest BCUT2D eigenvalue weighted by molar-refractivity contribution is 6.32. The Hall–Kier alpha value is -3.69. The number of hydrazone groups is 1. The molecule has 3 amide bonds. The van der Waals surface area contributed by atoms with Gasteiger partial charge >= 0.3 is 12.3 Å². The molecule has 4 rings (SSSR count). The number of amides is 3. The molecule has 2 aromatic carbocycles. The van der Waals surface area contributed by atoms with E-state index >= 15 is 0 Å². The summed E-state index contributed by atoms with van der Waals surface area (Å²) in [5, 5.41) is 5.38. The van der Waals surface area contributed by atoms with Crippen LogP contribution in [0.25, 0.3) is 0 Å². The summed E-state index contributed by atoms with van der Waals surface area (Å²) in [4.78, 5) is 40.3. The Bertz CT molecular complexity index is 1130. The summed E-state index contributed by atoms with van der Waals surface area (Å²) >= 11 is 0. The summed E-state index contributed by atoms with van der Waals surface area (Å²) < 4.78 is 44.1. The van der Waals surface area contributed by atoms with Crippen molar-refractivity contribution in [3.63, 3.8) is 0 Å². The van der Waals surface area contributed by atoms with Crippen molar-refractivity contribution in [1.82, 2.24) is 4.90 Å². The van der Waals surface area contributed by atoms with Crippen LogP contribution in [0.3, 0.4) is 0 Å². The van der Waals surface area contributed by atoms with Gasteiger partial charge in [0.1, 0.15) is 5.71 Å². The number of likely N-dealkylation sites (tertiary alicyclic amines) is 1. The number of carbonyl (C=O) groups excluding carboxylic acids is 3. The van der Waals surface area contributed by atoms with Crippen LogP contribution in [0, 0.1) is 5.92 Å². The third kappa shape index (κ3) is 3.46. The molecule has 0 unspecified atom stereocenters. The minimum absolute atomic E-state index is 0.0122. The predicted octanol–water partition coefficient (Wildman–Crippen LogP) is 4.22. The first kappa shape index (κ1) is 22.5. The van der Waals surface area contributed by atoms with E-state index in [1.807, 2.05) is 0 Å². The standard InChI is InChI=1S/C23H20F3N3O4/c1-3-33-21(32)28-18(30)13-14(2)22(28)19(15-7-5-4-6-8-15)27-29(20(22)31)17-11-9-16(10-12-17)23(24,25)26/h4-12,14H,3,13H2,1-2H3/t14-,22-/m1/s1. The van der Waals surface area contributed by atoms with Crippen molar-refractivity contribution in [2.45, 2.75) is 32.0 Å². The molecular weight excluding hydrogens is 439 g/mol. The molecule has 2 aliphatic rings. The Morgan fingerprint density at radius 1 is 1.12 bits per heavy atom. The largest absolute Gasteiger partial charge is 0.449 e. The lowest BCUT2D eigenvalue weighted by molar-refractivity contribution is -0.137. The second kappa shape index (κ2) is 8.02. The van der Waals surface area contributed by atoms with Crippen LogP contribution in [0.15, 0.2) is 59.7 Å². The third-order valence-electron chi connectivity index (χ3n) is 5.81. The Morgan fingerprint density at radius 2 is 1.76 bits per heavy atom. The smallest absolute Gasteiger partial charge is 0.417 e. The number of halogens is 3. The molecule has 0 aromatic heterocycles. The van der Waals surface area contributed by atoms with Crippen molar-refractivity contribution < 1.29 is 32.3 Å².